The number of hydrogen-bond acceptors (Lipinski definition) is 2. The third kappa shape index (κ3) is 4.22. The van der Waals surface area contributed by atoms with Gasteiger partial charge >= 0.3 is 0 Å². The molecule has 1 aromatic rings. The van der Waals surface area contributed by atoms with Crippen LogP contribution in [0.5, 0.6) is 0 Å². The van der Waals surface area contributed by atoms with Crippen molar-refractivity contribution in [1.82, 2.24) is 5.43 Å². The van der Waals surface area contributed by atoms with Gasteiger partial charge in [-0.2, -0.15) is 0 Å². The highest BCUT2D eigenvalue weighted by Gasteiger charge is 2.19. The van der Waals surface area contributed by atoms with Crippen molar-refractivity contribution in [2.24, 2.45) is 5.84 Å². The Morgan fingerprint density at radius 1 is 1.35 bits per heavy atom. The Morgan fingerprint density at radius 3 is 2.59 bits per heavy atom. The van der Waals surface area contributed by atoms with Crippen LogP contribution in [0, 0.1) is 12.3 Å². The molecule has 92 valence electrons. The standard InChI is InChI=1S/C15H22N2/c1-3-5-7-12-15(17-16)14(4-2)13-10-8-6-9-11-13/h1,6,8-11,14-15,17H,4-5,7,12,16H2,2H3. The van der Waals surface area contributed by atoms with Gasteiger partial charge < -0.3 is 0 Å². The lowest BCUT2D eigenvalue weighted by molar-refractivity contribution is 0.399. The third-order valence-corrected chi connectivity index (χ3v) is 3.20. The van der Waals surface area contributed by atoms with Gasteiger partial charge in [-0.1, -0.05) is 37.3 Å². The molecule has 17 heavy (non-hydrogen) atoms. The third-order valence-electron chi connectivity index (χ3n) is 3.20. The van der Waals surface area contributed by atoms with E-state index in [1.165, 1.54) is 5.56 Å². The number of terminal acetylenes is 1. The molecule has 2 nitrogen and oxygen atoms in total. The number of benzene rings is 1. The zero-order chi connectivity index (χ0) is 12.5. The van der Waals surface area contributed by atoms with E-state index in [-0.39, 0.29) is 0 Å². The minimum Gasteiger partial charge on any atom is -0.271 e. The Morgan fingerprint density at radius 2 is 2.06 bits per heavy atom. The molecule has 0 spiro atoms. The lowest BCUT2D eigenvalue weighted by atomic mass is 9.87. The smallest absolute Gasteiger partial charge is 0.0279 e. The van der Waals surface area contributed by atoms with Gasteiger partial charge in [-0.25, -0.2) is 0 Å². The van der Waals surface area contributed by atoms with Crippen molar-refractivity contribution < 1.29 is 0 Å². The van der Waals surface area contributed by atoms with Crippen LogP contribution in [0.1, 0.15) is 44.1 Å². The zero-order valence-electron chi connectivity index (χ0n) is 10.5. The Balaban J connectivity index is 2.67. The molecule has 1 rings (SSSR count). The number of unbranched alkanes of at least 4 members (excludes halogenated alkanes) is 1. The van der Waals surface area contributed by atoms with Crippen LogP contribution >= 0.6 is 0 Å². The van der Waals surface area contributed by atoms with Crippen LogP contribution < -0.4 is 11.3 Å². The fraction of sp³-hybridized carbons (Fsp3) is 0.467. The fourth-order valence-electron chi connectivity index (χ4n) is 2.28. The first-order valence-electron chi connectivity index (χ1n) is 6.28. The molecule has 3 N–H and O–H groups in total. The molecule has 0 aliphatic carbocycles. The van der Waals surface area contributed by atoms with Crippen LogP contribution in [0.2, 0.25) is 0 Å². The van der Waals surface area contributed by atoms with E-state index in [4.69, 9.17) is 12.3 Å². The van der Waals surface area contributed by atoms with Gasteiger partial charge in [-0.3, -0.25) is 11.3 Å². The van der Waals surface area contributed by atoms with Crippen molar-refractivity contribution in [1.29, 1.82) is 0 Å². The van der Waals surface area contributed by atoms with E-state index in [1.54, 1.807) is 0 Å². The molecule has 0 radical (unpaired) electrons. The monoisotopic (exact) mass is 230 g/mol. The molecular weight excluding hydrogens is 208 g/mol. The highest BCUT2D eigenvalue weighted by molar-refractivity contribution is 5.21. The predicted octanol–water partition coefficient (Wildman–Crippen LogP) is 2.82. The summed E-state index contributed by atoms with van der Waals surface area (Å²) in [7, 11) is 0. The van der Waals surface area contributed by atoms with Gasteiger partial charge in [0, 0.05) is 18.4 Å². The summed E-state index contributed by atoms with van der Waals surface area (Å²) in [5.74, 6) is 8.80. The van der Waals surface area contributed by atoms with Gasteiger partial charge in [0.05, 0.1) is 0 Å². The summed E-state index contributed by atoms with van der Waals surface area (Å²) < 4.78 is 0. The molecule has 0 bridgehead atoms. The molecule has 0 saturated heterocycles. The molecule has 0 aliphatic rings. The van der Waals surface area contributed by atoms with E-state index in [0.29, 0.717) is 12.0 Å². The van der Waals surface area contributed by atoms with Gasteiger partial charge in [0.2, 0.25) is 0 Å². The summed E-state index contributed by atoms with van der Waals surface area (Å²) in [6.07, 6.45) is 9.22. The Kier molecular flexibility index (Phi) is 6.39. The molecular formula is C15H22N2. The molecule has 1 aromatic carbocycles. The normalized spacial score (nSPS) is 13.9. The van der Waals surface area contributed by atoms with E-state index >= 15 is 0 Å². The zero-order valence-corrected chi connectivity index (χ0v) is 10.5. The van der Waals surface area contributed by atoms with E-state index < -0.39 is 0 Å². The van der Waals surface area contributed by atoms with Crippen molar-refractivity contribution in [2.75, 3.05) is 0 Å². The van der Waals surface area contributed by atoms with E-state index in [9.17, 15) is 0 Å². The molecule has 2 atom stereocenters. The van der Waals surface area contributed by atoms with Gasteiger partial charge in [0.25, 0.3) is 0 Å². The largest absolute Gasteiger partial charge is 0.271 e. The van der Waals surface area contributed by atoms with Crippen molar-refractivity contribution in [3.63, 3.8) is 0 Å². The minimum atomic E-state index is 0.302. The van der Waals surface area contributed by atoms with Crippen molar-refractivity contribution in [3.05, 3.63) is 35.9 Å². The number of rotatable bonds is 7. The minimum absolute atomic E-state index is 0.302. The number of nitrogens with two attached hydrogens (primary N) is 1. The maximum Gasteiger partial charge on any atom is 0.0279 e. The van der Waals surface area contributed by atoms with Crippen LogP contribution in [0.3, 0.4) is 0 Å². The summed E-state index contributed by atoms with van der Waals surface area (Å²) in [6.45, 7) is 2.20. The number of nitrogens with one attached hydrogen (secondary N) is 1. The lowest BCUT2D eigenvalue weighted by Crippen LogP contribution is -2.39. The molecule has 0 heterocycles. The maximum absolute atomic E-state index is 5.67. The van der Waals surface area contributed by atoms with Crippen LogP contribution in [-0.4, -0.2) is 6.04 Å². The molecule has 0 saturated carbocycles. The summed E-state index contributed by atoms with van der Waals surface area (Å²) in [6, 6.07) is 10.8. The predicted molar refractivity (Wildman–Crippen MR) is 73.3 cm³/mol. The first kappa shape index (κ1) is 13.8. The molecule has 2 unspecified atom stereocenters. The average molecular weight is 230 g/mol. The Hall–Kier alpha value is -1.30. The Bertz CT molecular complexity index is 340. The lowest BCUT2D eigenvalue weighted by Gasteiger charge is -2.26. The van der Waals surface area contributed by atoms with Crippen molar-refractivity contribution >= 4 is 0 Å². The quantitative estimate of drug-likeness (QED) is 0.327. The summed E-state index contributed by atoms with van der Waals surface area (Å²) in [5, 5.41) is 0. The average Bonchev–Trinajstić information content (AvgIpc) is 2.39. The number of hydrogen-bond donors (Lipinski definition) is 2. The second-order valence-corrected chi connectivity index (χ2v) is 4.29. The summed E-state index contributed by atoms with van der Waals surface area (Å²) >= 11 is 0. The van der Waals surface area contributed by atoms with Crippen molar-refractivity contribution in [3.8, 4) is 12.3 Å². The van der Waals surface area contributed by atoms with E-state index in [0.717, 1.165) is 25.7 Å². The van der Waals surface area contributed by atoms with Gasteiger partial charge in [0.15, 0.2) is 0 Å². The van der Waals surface area contributed by atoms with Crippen LogP contribution in [-0.2, 0) is 0 Å². The van der Waals surface area contributed by atoms with E-state index in [2.05, 4.69) is 42.5 Å². The van der Waals surface area contributed by atoms with Gasteiger partial charge in [-0.05, 0) is 24.8 Å². The highest BCUT2D eigenvalue weighted by Crippen LogP contribution is 2.25. The maximum atomic E-state index is 5.67. The first-order valence-corrected chi connectivity index (χ1v) is 6.28. The van der Waals surface area contributed by atoms with Crippen LogP contribution in [0.25, 0.3) is 0 Å². The summed E-state index contributed by atoms with van der Waals surface area (Å²) in [5.41, 5.74) is 4.29. The summed E-state index contributed by atoms with van der Waals surface area (Å²) in [4.78, 5) is 0. The molecule has 0 aromatic heterocycles. The first-order chi connectivity index (χ1) is 8.33. The molecule has 0 aliphatic heterocycles. The topological polar surface area (TPSA) is 38.0 Å². The highest BCUT2D eigenvalue weighted by atomic mass is 15.2. The Labute approximate surface area is 105 Å². The fourth-order valence-corrected chi connectivity index (χ4v) is 2.28. The van der Waals surface area contributed by atoms with Gasteiger partial charge in [0.1, 0.15) is 0 Å². The second-order valence-electron chi connectivity index (χ2n) is 4.29. The molecule has 2 heteroatoms. The SMILES string of the molecule is C#CCCCC(NN)C(CC)c1ccccc1. The van der Waals surface area contributed by atoms with Crippen LogP contribution in [0.15, 0.2) is 30.3 Å². The molecule has 0 fully saturated rings. The van der Waals surface area contributed by atoms with E-state index in [1.807, 2.05) is 6.07 Å². The number of hydrazine groups is 1. The second kappa shape index (κ2) is 7.89. The van der Waals surface area contributed by atoms with Gasteiger partial charge in [-0.15, -0.1) is 12.3 Å². The molecule has 0 amide bonds. The van der Waals surface area contributed by atoms with Crippen LogP contribution in [0.4, 0.5) is 0 Å². The van der Waals surface area contributed by atoms with Crippen molar-refractivity contribution in [2.45, 2.75) is 44.6 Å².